The van der Waals surface area contributed by atoms with Gasteiger partial charge in [0.15, 0.2) is 0 Å². The first-order valence-electron chi connectivity index (χ1n) is 10.4. The third-order valence-electron chi connectivity index (χ3n) is 5.87. The van der Waals surface area contributed by atoms with E-state index in [1.807, 2.05) is 32.9 Å². The number of hydrogen-bond donors (Lipinski definition) is 1. The first-order valence-corrected chi connectivity index (χ1v) is 11.8. The Labute approximate surface area is 169 Å². The summed E-state index contributed by atoms with van der Waals surface area (Å²) >= 11 is 0. The van der Waals surface area contributed by atoms with Crippen molar-refractivity contribution in [2.24, 2.45) is 0 Å². The molecule has 2 fully saturated rings. The predicted molar refractivity (Wildman–Crippen MR) is 111 cm³/mol. The average Bonchev–Trinajstić information content (AvgIpc) is 2.61. The van der Waals surface area contributed by atoms with Crippen molar-refractivity contribution in [3.05, 3.63) is 28.8 Å². The Bertz CT molecular complexity index is 785. The second-order valence-electron chi connectivity index (χ2n) is 8.31. The standard InChI is InChI=1S/C21H33N3O3S/c1-16-13-17(2)21(18(3)14-16)28(26,27)24-11-9-23(10-12-24)15-20(25)22-19-7-5-4-6-8-19/h13-14,19H,4-12,15H2,1-3H3,(H,22,25). The first kappa shape index (κ1) is 21.3. The molecule has 1 saturated carbocycles. The Morgan fingerprint density at radius 3 is 2.14 bits per heavy atom. The summed E-state index contributed by atoms with van der Waals surface area (Å²) in [6, 6.07) is 4.16. The number of nitrogens with zero attached hydrogens (tertiary/aromatic N) is 2. The Balaban J connectivity index is 1.56. The lowest BCUT2D eigenvalue weighted by Gasteiger charge is -2.34. The van der Waals surface area contributed by atoms with Crippen LogP contribution >= 0.6 is 0 Å². The fraction of sp³-hybridized carbons (Fsp3) is 0.667. The second-order valence-corrected chi connectivity index (χ2v) is 10.2. The highest BCUT2D eigenvalue weighted by atomic mass is 32.2. The van der Waals surface area contributed by atoms with E-state index in [0.717, 1.165) is 29.5 Å². The monoisotopic (exact) mass is 407 g/mol. The normalized spacial score (nSPS) is 20.2. The SMILES string of the molecule is Cc1cc(C)c(S(=O)(=O)N2CCN(CC(=O)NC3CCCCC3)CC2)c(C)c1. The van der Waals surface area contributed by atoms with E-state index in [1.54, 1.807) is 4.31 Å². The van der Waals surface area contributed by atoms with Crippen LogP contribution in [0.25, 0.3) is 0 Å². The molecule has 0 aromatic heterocycles. The Morgan fingerprint density at radius 2 is 1.57 bits per heavy atom. The molecule has 0 atom stereocenters. The summed E-state index contributed by atoms with van der Waals surface area (Å²) in [5, 5.41) is 3.14. The molecule has 0 spiro atoms. The quantitative estimate of drug-likeness (QED) is 0.814. The number of piperazine rings is 1. The maximum atomic E-state index is 13.2. The summed E-state index contributed by atoms with van der Waals surface area (Å²) in [6.45, 7) is 8.07. The number of carbonyl (C=O) groups excluding carboxylic acids is 1. The van der Waals surface area contributed by atoms with Crippen molar-refractivity contribution in [2.75, 3.05) is 32.7 Å². The number of amides is 1. The smallest absolute Gasteiger partial charge is 0.243 e. The van der Waals surface area contributed by atoms with E-state index in [2.05, 4.69) is 10.2 Å². The fourth-order valence-corrected chi connectivity index (χ4v) is 6.39. The van der Waals surface area contributed by atoms with E-state index in [0.29, 0.717) is 43.7 Å². The number of hydrogen-bond acceptors (Lipinski definition) is 4. The molecule has 0 unspecified atom stereocenters. The molecule has 1 aliphatic heterocycles. The van der Waals surface area contributed by atoms with Gasteiger partial charge in [0.2, 0.25) is 15.9 Å². The van der Waals surface area contributed by atoms with E-state index >= 15 is 0 Å². The Kier molecular flexibility index (Phi) is 6.78. The molecule has 2 aliphatic rings. The molecular formula is C21H33N3O3S. The molecule has 156 valence electrons. The molecule has 0 bridgehead atoms. The molecule has 1 saturated heterocycles. The summed E-state index contributed by atoms with van der Waals surface area (Å²) in [5.74, 6) is 0.0634. The van der Waals surface area contributed by atoms with Gasteiger partial charge in [-0.3, -0.25) is 9.69 Å². The van der Waals surface area contributed by atoms with Crippen LogP contribution in [0.5, 0.6) is 0 Å². The molecular weight excluding hydrogens is 374 g/mol. The van der Waals surface area contributed by atoms with Gasteiger partial charge in [0.25, 0.3) is 0 Å². The van der Waals surface area contributed by atoms with Crippen LogP contribution in [-0.2, 0) is 14.8 Å². The van der Waals surface area contributed by atoms with Crippen molar-refractivity contribution in [3.8, 4) is 0 Å². The third-order valence-corrected chi connectivity index (χ3v) is 8.08. The minimum absolute atomic E-state index is 0.0634. The number of rotatable bonds is 5. The molecule has 3 rings (SSSR count). The zero-order valence-electron chi connectivity index (χ0n) is 17.3. The minimum atomic E-state index is -3.51. The summed E-state index contributed by atoms with van der Waals surface area (Å²) in [5.41, 5.74) is 2.67. The van der Waals surface area contributed by atoms with E-state index < -0.39 is 10.0 Å². The van der Waals surface area contributed by atoms with Gasteiger partial charge in [-0.15, -0.1) is 0 Å². The van der Waals surface area contributed by atoms with Gasteiger partial charge in [-0.2, -0.15) is 4.31 Å². The number of benzene rings is 1. The van der Waals surface area contributed by atoms with Gasteiger partial charge in [0.1, 0.15) is 0 Å². The maximum absolute atomic E-state index is 13.2. The molecule has 1 amide bonds. The molecule has 0 radical (unpaired) electrons. The summed E-state index contributed by atoms with van der Waals surface area (Å²) in [4.78, 5) is 14.8. The number of carbonyl (C=O) groups is 1. The molecule has 1 heterocycles. The Morgan fingerprint density at radius 1 is 1.00 bits per heavy atom. The largest absolute Gasteiger partial charge is 0.352 e. The van der Waals surface area contributed by atoms with E-state index in [-0.39, 0.29) is 5.91 Å². The molecule has 1 aliphatic carbocycles. The number of nitrogens with one attached hydrogen (secondary N) is 1. The van der Waals surface area contributed by atoms with E-state index in [4.69, 9.17) is 0 Å². The van der Waals surface area contributed by atoms with Gasteiger partial charge in [-0.25, -0.2) is 8.42 Å². The van der Waals surface area contributed by atoms with Gasteiger partial charge in [-0.1, -0.05) is 37.0 Å². The molecule has 6 nitrogen and oxygen atoms in total. The summed E-state index contributed by atoms with van der Waals surface area (Å²) in [6.07, 6.45) is 5.81. The van der Waals surface area contributed by atoms with Gasteiger partial charge in [0.05, 0.1) is 11.4 Å². The molecule has 1 N–H and O–H groups in total. The summed E-state index contributed by atoms with van der Waals surface area (Å²) < 4.78 is 27.9. The van der Waals surface area contributed by atoms with Crippen molar-refractivity contribution in [2.45, 2.75) is 63.8 Å². The minimum Gasteiger partial charge on any atom is -0.352 e. The Hall–Kier alpha value is -1.44. The highest BCUT2D eigenvalue weighted by Gasteiger charge is 2.31. The topological polar surface area (TPSA) is 69.7 Å². The van der Waals surface area contributed by atoms with Crippen molar-refractivity contribution in [1.29, 1.82) is 0 Å². The highest BCUT2D eigenvalue weighted by molar-refractivity contribution is 7.89. The van der Waals surface area contributed by atoms with Crippen LogP contribution in [0.2, 0.25) is 0 Å². The molecule has 1 aromatic carbocycles. The van der Waals surface area contributed by atoms with Gasteiger partial charge >= 0.3 is 0 Å². The van der Waals surface area contributed by atoms with Gasteiger partial charge in [-0.05, 0) is 44.7 Å². The highest BCUT2D eigenvalue weighted by Crippen LogP contribution is 2.26. The van der Waals surface area contributed by atoms with Crippen molar-refractivity contribution < 1.29 is 13.2 Å². The third kappa shape index (κ3) is 4.93. The van der Waals surface area contributed by atoms with Crippen LogP contribution in [0.1, 0.15) is 48.8 Å². The average molecular weight is 408 g/mol. The zero-order valence-corrected chi connectivity index (χ0v) is 18.1. The number of sulfonamides is 1. The van der Waals surface area contributed by atoms with E-state index in [9.17, 15) is 13.2 Å². The zero-order chi connectivity index (χ0) is 20.3. The van der Waals surface area contributed by atoms with Gasteiger partial charge < -0.3 is 5.32 Å². The molecule has 1 aromatic rings. The van der Waals surface area contributed by atoms with Crippen molar-refractivity contribution in [3.63, 3.8) is 0 Å². The molecule has 28 heavy (non-hydrogen) atoms. The van der Waals surface area contributed by atoms with Crippen LogP contribution in [-0.4, -0.2) is 62.3 Å². The lowest BCUT2D eigenvalue weighted by molar-refractivity contribution is -0.123. The van der Waals surface area contributed by atoms with Crippen molar-refractivity contribution in [1.82, 2.24) is 14.5 Å². The van der Waals surface area contributed by atoms with Crippen LogP contribution in [0.3, 0.4) is 0 Å². The van der Waals surface area contributed by atoms with Gasteiger partial charge in [0, 0.05) is 32.2 Å². The number of aryl methyl sites for hydroxylation is 3. The summed E-state index contributed by atoms with van der Waals surface area (Å²) in [7, 11) is -3.51. The first-order chi connectivity index (χ1) is 13.3. The van der Waals surface area contributed by atoms with Crippen LogP contribution in [0, 0.1) is 20.8 Å². The lowest BCUT2D eigenvalue weighted by atomic mass is 9.95. The molecule has 7 heteroatoms. The van der Waals surface area contributed by atoms with Crippen LogP contribution in [0.4, 0.5) is 0 Å². The predicted octanol–water partition coefficient (Wildman–Crippen LogP) is 2.37. The van der Waals surface area contributed by atoms with Crippen molar-refractivity contribution >= 4 is 15.9 Å². The second kappa shape index (κ2) is 8.93. The van der Waals surface area contributed by atoms with Crippen LogP contribution in [0.15, 0.2) is 17.0 Å². The lowest BCUT2D eigenvalue weighted by Crippen LogP contribution is -2.52. The van der Waals surface area contributed by atoms with Crippen LogP contribution < -0.4 is 5.32 Å². The maximum Gasteiger partial charge on any atom is 0.243 e. The van der Waals surface area contributed by atoms with E-state index in [1.165, 1.54) is 19.3 Å². The fourth-order valence-electron chi connectivity index (χ4n) is 4.55.